The molecule has 1 heterocycles. The summed E-state index contributed by atoms with van der Waals surface area (Å²) in [5, 5.41) is 0. The van der Waals surface area contributed by atoms with E-state index < -0.39 is 0 Å². The third kappa shape index (κ3) is 3.53. The molecule has 0 amide bonds. The quantitative estimate of drug-likeness (QED) is 0.460. The Hall–Kier alpha value is -0.830. The molecule has 0 aromatic rings. The smallest absolute Gasteiger partial charge is 0.169 e. The summed E-state index contributed by atoms with van der Waals surface area (Å²) in [7, 11) is 0. The van der Waals surface area contributed by atoms with Gasteiger partial charge in [-0.3, -0.25) is 4.99 Å². The fourth-order valence-corrected chi connectivity index (χ4v) is 0.950. The van der Waals surface area contributed by atoms with Crippen LogP contribution in [0.4, 0.5) is 0 Å². The first-order chi connectivity index (χ1) is 5.79. The number of aliphatic imine (C=N–C) groups is 1. The Morgan fingerprint density at radius 2 is 2.67 bits per heavy atom. The highest BCUT2D eigenvalue weighted by Crippen LogP contribution is 2.04. The fraction of sp³-hybridized carbons (Fsp3) is 0.667. The lowest BCUT2D eigenvalue weighted by Crippen LogP contribution is -2.10. The molecule has 0 aromatic heterocycles. The van der Waals surface area contributed by atoms with E-state index in [1.54, 1.807) is 0 Å². The van der Waals surface area contributed by atoms with Gasteiger partial charge in [0.1, 0.15) is 6.61 Å². The molecular weight excluding hydrogens is 154 g/mol. The van der Waals surface area contributed by atoms with Gasteiger partial charge in [0, 0.05) is 6.61 Å². The lowest BCUT2D eigenvalue weighted by Gasteiger charge is -2.05. The Kier molecular flexibility index (Phi) is 3.80. The Morgan fingerprint density at radius 1 is 1.83 bits per heavy atom. The molecule has 0 spiro atoms. The molecule has 0 N–H and O–H groups in total. The number of hydrogen-bond acceptors (Lipinski definition) is 3. The van der Waals surface area contributed by atoms with Crippen LogP contribution in [0.5, 0.6) is 0 Å². The lowest BCUT2D eigenvalue weighted by atomic mass is 10.2. The molecule has 1 rings (SSSR count). The van der Waals surface area contributed by atoms with Crippen LogP contribution in [0.1, 0.15) is 13.3 Å². The molecule has 3 nitrogen and oxygen atoms in total. The van der Waals surface area contributed by atoms with Crippen LogP contribution in [-0.2, 0) is 9.47 Å². The minimum absolute atomic E-state index is 0.301. The summed E-state index contributed by atoms with van der Waals surface area (Å²) in [6, 6.07) is 0.301. The zero-order valence-corrected chi connectivity index (χ0v) is 7.45. The summed E-state index contributed by atoms with van der Waals surface area (Å²) >= 11 is 0. The van der Waals surface area contributed by atoms with E-state index in [1.165, 1.54) is 6.40 Å². The van der Waals surface area contributed by atoms with E-state index in [-0.39, 0.29) is 0 Å². The van der Waals surface area contributed by atoms with Gasteiger partial charge in [-0.1, -0.05) is 12.2 Å². The van der Waals surface area contributed by atoms with Gasteiger partial charge in [-0.25, -0.2) is 0 Å². The zero-order valence-electron chi connectivity index (χ0n) is 7.45. The zero-order chi connectivity index (χ0) is 8.81. The van der Waals surface area contributed by atoms with E-state index in [9.17, 15) is 0 Å². The summed E-state index contributed by atoms with van der Waals surface area (Å²) < 4.78 is 10.3. The molecule has 0 fully saturated rings. The van der Waals surface area contributed by atoms with Crippen molar-refractivity contribution in [3.05, 3.63) is 12.2 Å². The van der Waals surface area contributed by atoms with E-state index in [0.717, 1.165) is 18.6 Å². The Morgan fingerprint density at radius 3 is 3.25 bits per heavy atom. The van der Waals surface area contributed by atoms with Crippen molar-refractivity contribution in [2.75, 3.05) is 19.8 Å². The van der Waals surface area contributed by atoms with Crippen molar-refractivity contribution in [2.45, 2.75) is 19.4 Å². The van der Waals surface area contributed by atoms with Crippen LogP contribution in [-0.4, -0.2) is 32.3 Å². The van der Waals surface area contributed by atoms with Gasteiger partial charge in [0.15, 0.2) is 6.40 Å². The topological polar surface area (TPSA) is 30.8 Å². The molecular formula is C9H15NO2. The van der Waals surface area contributed by atoms with E-state index in [2.05, 4.69) is 11.6 Å². The lowest BCUT2D eigenvalue weighted by molar-refractivity contribution is 0.144. The molecule has 3 heteroatoms. The third-order valence-corrected chi connectivity index (χ3v) is 1.58. The molecule has 1 atom stereocenters. The van der Waals surface area contributed by atoms with Crippen molar-refractivity contribution in [1.82, 2.24) is 0 Å². The summed E-state index contributed by atoms with van der Waals surface area (Å²) in [4.78, 5) is 4.10. The standard InChI is InChI=1S/C9H15NO2/c1-8(2)5-11-4-3-9-6-12-7-10-9/h7,9H,1,3-6H2,2H3. The molecule has 1 unspecified atom stereocenters. The van der Waals surface area contributed by atoms with Gasteiger partial charge < -0.3 is 9.47 Å². The van der Waals surface area contributed by atoms with E-state index in [1.807, 2.05) is 6.92 Å². The third-order valence-electron chi connectivity index (χ3n) is 1.58. The Labute approximate surface area is 73.1 Å². The van der Waals surface area contributed by atoms with Crippen LogP contribution < -0.4 is 0 Å². The maximum absolute atomic E-state index is 5.33. The van der Waals surface area contributed by atoms with Gasteiger partial charge in [-0.05, 0) is 13.3 Å². The molecule has 0 bridgehead atoms. The van der Waals surface area contributed by atoms with E-state index in [4.69, 9.17) is 9.47 Å². The average molecular weight is 169 g/mol. The first-order valence-corrected chi connectivity index (χ1v) is 4.14. The predicted molar refractivity (Wildman–Crippen MR) is 48.5 cm³/mol. The van der Waals surface area contributed by atoms with Crippen molar-refractivity contribution in [2.24, 2.45) is 4.99 Å². The minimum Gasteiger partial charge on any atom is -0.481 e. The largest absolute Gasteiger partial charge is 0.481 e. The number of hydrogen-bond donors (Lipinski definition) is 0. The summed E-state index contributed by atoms with van der Waals surface area (Å²) in [6.07, 6.45) is 2.45. The average Bonchev–Trinajstić information content (AvgIpc) is 2.49. The molecule has 0 saturated heterocycles. The monoisotopic (exact) mass is 169 g/mol. The highest BCUT2D eigenvalue weighted by Gasteiger charge is 2.10. The van der Waals surface area contributed by atoms with Crippen LogP contribution in [0.3, 0.4) is 0 Å². The fourth-order valence-electron chi connectivity index (χ4n) is 0.950. The molecule has 68 valence electrons. The molecule has 0 aliphatic carbocycles. The second kappa shape index (κ2) is 4.93. The van der Waals surface area contributed by atoms with Crippen LogP contribution in [0.25, 0.3) is 0 Å². The van der Waals surface area contributed by atoms with Crippen LogP contribution in [0.2, 0.25) is 0 Å². The molecule has 1 aliphatic heterocycles. The molecule has 0 saturated carbocycles. The van der Waals surface area contributed by atoms with Crippen LogP contribution in [0, 0.1) is 0 Å². The molecule has 12 heavy (non-hydrogen) atoms. The van der Waals surface area contributed by atoms with Gasteiger partial charge in [-0.2, -0.15) is 0 Å². The van der Waals surface area contributed by atoms with Crippen LogP contribution in [0.15, 0.2) is 17.1 Å². The maximum Gasteiger partial charge on any atom is 0.169 e. The van der Waals surface area contributed by atoms with Crippen molar-refractivity contribution >= 4 is 6.40 Å². The normalized spacial score (nSPS) is 20.9. The van der Waals surface area contributed by atoms with Crippen molar-refractivity contribution in [1.29, 1.82) is 0 Å². The molecule has 1 aliphatic rings. The van der Waals surface area contributed by atoms with Crippen molar-refractivity contribution in [3.63, 3.8) is 0 Å². The number of nitrogens with zero attached hydrogens (tertiary/aromatic N) is 1. The molecule has 0 radical (unpaired) electrons. The maximum atomic E-state index is 5.33. The molecule has 0 aromatic carbocycles. The second-order valence-corrected chi connectivity index (χ2v) is 3.04. The predicted octanol–water partition coefficient (Wildman–Crippen LogP) is 1.40. The van der Waals surface area contributed by atoms with Crippen molar-refractivity contribution in [3.8, 4) is 0 Å². The first kappa shape index (κ1) is 9.26. The SMILES string of the molecule is C=C(C)COCCC1COC=N1. The van der Waals surface area contributed by atoms with E-state index in [0.29, 0.717) is 19.3 Å². The first-order valence-electron chi connectivity index (χ1n) is 4.14. The Balaban J connectivity index is 1.95. The van der Waals surface area contributed by atoms with Gasteiger partial charge in [0.05, 0.1) is 12.6 Å². The van der Waals surface area contributed by atoms with Gasteiger partial charge in [0.25, 0.3) is 0 Å². The Bertz CT molecular complexity index is 177. The minimum atomic E-state index is 0.301. The summed E-state index contributed by atoms with van der Waals surface area (Å²) in [5.41, 5.74) is 1.06. The van der Waals surface area contributed by atoms with Crippen molar-refractivity contribution < 1.29 is 9.47 Å². The van der Waals surface area contributed by atoms with Crippen LogP contribution >= 0.6 is 0 Å². The number of ether oxygens (including phenoxy) is 2. The number of rotatable bonds is 5. The summed E-state index contributed by atoms with van der Waals surface area (Å²) in [5.74, 6) is 0. The van der Waals surface area contributed by atoms with Gasteiger partial charge >= 0.3 is 0 Å². The second-order valence-electron chi connectivity index (χ2n) is 3.04. The highest BCUT2D eigenvalue weighted by molar-refractivity contribution is 5.48. The van der Waals surface area contributed by atoms with Gasteiger partial charge in [-0.15, -0.1) is 0 Å². The van der Waals surface area contributed by atoms with Gasteiger partial charge in [0.2, 0.25) is 0 Å². The summed E-state index contributed by atoms with van der Waals surface area (Å²) in [6.45, 7) is 7.79. The highest BCUT2D eigenvalue weighted by atomic mass is 16.5. The van der Waals surface area contributed by atoms with E-state index >= 15 is 0 Å².